The van der Waals surface area contributed by atoms with Crippen LogP contribution < -0.4 is 0 Å². The van der Waals surface area contributed by atoms with E-state index in [1.807, 2.05) is 0 Å². The molecular weight excluding hydrogens is 424 g/mol. The third-order valence-electron chi connectivity index (χ3n) is 7.60. The van der Waals surface area contributed by atoms with Gasteiger partial charge in [-0.1, -0.05) is 98.8 Å². The molecule has 0 atom stereocenters. The standard InChI is InChI=1S/C33H26N2/c1-3-21-11-9-12-22(4-2)31(21)30-20-34-33-28-15-8-7-14-26(28)32-27-17-16-23-10-5-6-13-24(23)25(27)18-19-29(32)35(30)33/h5-20H,3-4H2,1-2H3. The van der Waals surface area contributed by atoms with Gasteiger partial charge in [-0.2, -0.15) is 0 Å². The minimum atomic E-state index is 0.997. The first-order chi connectivity index (χ1) is 17.3. The molecule has 2 heterocycles. The molecule has 0 aliphatic heterocycles. The number of pyridine rings is 1. The molecule has 35 heavy (non-hydrogen) atoms. The van der Waals surface area contributed by atoms with Gasteiger partial charge in [0.05, 0.1) is 17.4 Å². The normalized spacial score (nSPS) is 11.9. The Morgan fingerprint density at radius 2 is 1.26 bits per heavy atom. The van der Waals surface area contributed by atoms with E-state index in [1.165, 1.54) is 65.6 Å². The summed E-state index contributed by atoms with van der Waals surface area (Å²) in [7, 11) is 0. The first-order valence-corrected chi connectivity index (χ1v) is 12.5. The molecule has 0 unspecified atom stereocenters. The van der Waals surface area contributed by atoms with E-state index < -0.39 is 0 Å². The second-order valence-electron chi connectivity index (χ2n) is 9.35. The molecule has 0 saturated heterocycles. The molecule has 0 saturated carbocycles. The van der Waals surface area contributed by atoms with Crippen molar-refractivity contribution in [2.24, 2.45) is 0 Å². The maximum absolute atomic E-state index is 5.02. The molecule has 0 amide bonds. The lowest BCUT2D eigenvalue weighted by molar-refractivity contribution is 1.08. The summed E-state index contributed by atoms with van der Waals surface area (Å²) in [4.78, 5) is 5.02. The number of aryl methyl sites for hydroxylation is 2. The van der Waals surface area contributed by atoms with Crippen LogP contribution in [0.2, 0.25) is 0 Å². The highest BCUT2D eigenvalue weighted by Crippen LogP contribution is 2.40. The minimum absolute atomic E-state index is 0.997. The first-order valence-electron chi connectivity index (χ1n) is 12.5. The molecule has 0 bridgehead atoms. The fourth-order valence-corrected chi connectivity index (χ4v) is 5.98. The molecule has 0 aliphatic rings. The number of hydrogen-bond acceptors (Lipinski definition) is 1. The number of imidazole rings is 1. The lowest BCUT2D eigenvalue weighted by Crippen LogP contribution is -1.99. The van der Waals surface area contributed by atoms with Gasteiger partial charge in [-0.3, -0.25) is 4.40 Å². The first kappa shape index (κ1) is 20.2. The maximum Gasteiger partial charge on any atom is 0.145 e. The van der Waals surface area contributed by atoms with Crippen molar-refractivity contribution >= 4 is 48.9 Å². The fraction of sp³-hybridized carbons (Fsp3) is 0.121. The van der Waals surface area contributed by atoms with E-state index in [9.17, 15) is 0 Å². The van der Waals surface area contributed by atoms with Crippen LogP contribution in [0.25, 0.3) is 60.1 Å². The van der Waals surface area contributed by atoms with Crippen molar-refractivity contribution < 1.29 is 0 Å². The third kappa shape index (κ3) is 2.80. The molecule has 168 valence electrons. The van der Waals surface area contributed by atoms with Gasteiger partial charge in [-0.05, 0) is 57.0 Å². The van der Waals surface area contributed by atoms with E-state index in [2.05, 4.69) is 115 Å². The van der Waals surface area contributed by atoms with E-state index in [4.69, 9.17) is 4.98 Å². The van der Waals surface area contributed by atoms with Gasteiger partial charge in [-0.15, -0.1) is 0 Å². The van der Waals surface area contributed by atoms with Gasteiger partial charge in [0.1, 0.15) is 5.65 Å². The zero-order chi connectivity index (χ0) is 23.5. The molecule has 0 spiro atoms. The van der Waals surface area contributed by atoms with Crippen LogP contribution in [0.15, 0.2) is 97.2 Å². The van der Waals surface area contributed by atoms with Crippen molar-refractivity contribution in [2.75, 3.05) is 0 Å². The van der Waals surface area contributed by atoms with Gasteiger partial charge >= 0.3 is 0 Å². The van der Waals surface area contributed by atoms with Crippen LogP contribution in [0.3, 0.4) is 0 Å². The van der Waals surface area contributed by atoms with Gasteiger partial charge in [-0.25, -0.2) is 4.98 Å². The number of rotatable bonds is 3. The van der Waals surface area contributed by atoms with Crippen LogP contribution in [0.1, 0.15) is 25.0 Å². The molecule has 2 nitrogen and oxygen atoms in total. The second kappa shape index (κ2) is 7.68. The van der Waals surface area contributed by atoms with Crippen LogP contribution in [-0.2, 0) is 12.8 Å². The SMILES string of the molecule is CCc1cccc(CC)c1-c1cnc2c3ccccc3c3c4ccc5ccccc5c4ccc3n12. The Hall–Kier alpha value is -4.17. The Kier molecular flexibility index (Phi) is 4.44. The smallest absolute Gasteiger partial charge is 0.145 e. The maximum atomic E-state index is 5.02. The lowest BCUT2D eigenvalue weighted by atomic mass is 9.94. The number of hydrogen-bond donors (Lipinski definition) is 0. The highest BCUT2D eigenvalue weighted by Gasteiger charge is 2.19. The second-order valence-corrected chi connectivity index (χ2v) is 9.35. The van der Waals surface area contributed by atoms with Crippen molar-refractivity contribution in [1.82, 2.24) is 9.38 Å². The molecule has 0 fully saturated rings. The predicted molar refractivity (Wildman–Crippen MR) is 149 cm³/mol. The zero-order valence-corrected chi connectivity index (χ0v) is 20.0. The summed E-state index contributed by atoms with van der Waals surface area (Å²) in [5.41, 5.74) is 7.50. The Labute approximate surface area is 204 Å². The van der Waals surface area contributed by atoms with Crippen molar-refractivity contribution in [1.29, 1.82) is 0 Å². The highest BCUT2D eigenvalue weighted by atomic mass is 15.0. The zero-order valence-electron chi connectivity index (χ0n) is 20.0. The van der Waals surface area contributed by atoms with Crippen LogP contribution in [0, 0.1) is 0 Å². The van der Waals surface area contributed by atoms with Crippen LogP contribution in [0.5, 0.6) is 0 Å². The molecule has 7 rings (SSSR count). The summed E-state index contributed by atoms with van der Waals surface area (Å²) in [6.45, 7) is 4.49. The van der Waals surface area contributed by atoms with Crippen molar-refractivity contribution in [3.05, 3.63) is 108 Å². The number of fused-ring (bicyclic) bond motifs is 10. The molecule has 0 radical (unpaired) electrons. The van der Waals surface area contributed by atoms with Gasteiger partial charge in [0.15, 0.2) is 0 Å². The molecular formula is C33H26N2. The number of nitrogens with zero attached hydrogens (tertiary/aromatic N) is 2. The molecule has 2 aromatic heterocycles. The summed E-state index contributed by atoms with van der Waals surface area (Å²) in [6, 6.07) is 33.3. The lowest BCUT2D eigenvalue weighted by Gasteiger charge is -2.17. The minimum Gasteiger partial charge on any atom is -0.292 e. The van der Waals surface area contributed by atoms with Crippen LogP contribution in [-0.4, -0.2) is 9.38 Å². The Balaban J connectivity index is 1.73. The summed E-state index contributed by atoms with van der Waals surface area (Å²) in [5, 5.41) is 8.90. The summed E-state index contributed by atoms with van der Waals surface area (Å²) in [6.07, 6.45) is 4.08. The Bertz CT molecular complexity index is 1900. The van der Waals surface area contributed by atoms with Crippen molar-refractivity contribution in [2.45, 2.75) is 26.7 Å². The quantitative estimate of drug-likeness (QED) is 0.246. The highest BCUT2D eigenvalue weighted by molar-refractivity contribution is 6.25. The average molecular weight is 451 g/mol. The van der Waals surface area contributed by atoms with Gasteiger partial charge in [0.2, 0.25) is 0 Å². The summed E-state index contributed by atoms with van der Waals surface area (Å²) < 4.78 is 2.40. The van der Waals surface area contributed by atoms with Crippen LogP contribution >= 0.6 is 0 Å². The Morgan fingerprint density at radius 1 is 0.600 bits per heavy atom. The fourth-order valence-electron chi connectivity index (χ4n) is 5.98. The molecule has 0 N–H and O–H groups in total. The monoisotopic (exact) mass is 450 g/mol. The largest absolute Gasteiger partial charge is 0.292 e. The number of aromatic nitrogens is 2. The van der Waals surface area contributed by atoms with E-state index in [0.29, 0.717) is 0 Å². The number of benzene rings is 5. The molecule has 0 aliphatic carbocycles. The van der Waals surface area contributed by atoms with Crippen molar-refractivity contribution in [3.63, 3.8) is 0 Å². The van der Waals surface area contributed by atoms with Gasteiger partial charge in [0.25, 0.3) is 0 Å². The Morgan fingerprint density at radius 3 is 2.03 bits per heavy atom. The van der Waals surface area contributed by atoms with Crippen LogP contribution in [0.4, 0.5) is 0 Å². The molecule has 5 aromatic carbocycles. The summed E-state index contributed by atoms with van der Waals surface area (Å²) in [5.74, 6) is 0. The predicted octanol–water partition coefficient (Wildman–Crippen LogP) is 8.74. The van der Waals surface area contributed by atoms with E-state index in [-0.39, 0.29) is 0 Å². The summed E-state index contributed by atoms with van der Waals surface area (Å²) >= 11 is 0. The van der Waals surface area contributed by atoms with E-state index in [0.717, 1.165) is 18.5 Å². The topological polar surface area (TPSA) is 17.3 Å². The third-order valence-corrected chi connectivity index (χ3v) is 7.60. The van der Waals surface area contributed by atoms with E-state index in [1.54, 1.807) is 0 Å². The average Bonchev–Trinajstić information content (AvgIpc) is 3.37. The van der Waals surface area contributed by atoms with Gasteiger partial charge in [0, 0.05) is 16.3 Å². The molecule has 7 aromatic rings. The van der Waals surface area contributed by atoms with Gasteiger partial charge < -0.3 is 0 Å². The van der Waals surface area contributed by atoms with E-state index >= 15 is 0 Å². The molecule has 2 heteroatoms. The van der Waals surface area contributed by atoms with Crippen molar-refractivity contribution in [3.8, 4) is 11.3 Å².